The number of nitrogens with two attached hydrogens (primary N) is 1. The van der Waals surface area contributed by atoms with Gasteiger partial charge in [0.1, 0.15) is 0 Å². The van der Waals surface area contributed by atoms with Gasteiger partial charge in [0.05, 0.1) is 6.61 Å². The van der Waals surface area contributed by atoms with Crippen molar-refractivity contribution in [1.29, 1.82) is 0 Å². The summed E-state index contributed by atoms with van der Waals surface area (Å²) in [6.07, 6.45) is 13.6. The van der Waals surface area contributed by atoms with E-state index in [4.69, 9.17) is 10.8 Å². The van der Waals surface area contributed by atoms with E-state index >= 15 is 0 Å². The van der Waals surface area contributed by atoms with Crippen molar-refractivity contribution in [3.05, 3.63) is 35.4 Å². The van der Waals surface area contributed by atoms with Gasteiger partial charge in [0, 0.05) is 5.54 Å². The maximum atomic E-state index is 9.15. The van der Waals surface area contributed by atoms with Crippen molar-refractivity contribution in [1.82, 2.24) is 0 Å². The molecule has 0 radical (unpaired) electrons. The molecule has 0 saturated carbocycles. The van der Waals surface area contributed by atoms with Crippen LogP contribution >= 0.6 is 0 Å². The minimum Gasteiger partial charge on any atom is -0.394 e. The van der Waals surface area contributed by atoms with Crippen molar-refractivity contribution < 1.29 is 5.11 Å². The summed E-state index contributed by atoms with van der Waals surface area (Å²) in [5.41, 5.74) is 8.42. The maximum Gasteiger partial charge on any atom is 0.0608 e. The van der Waals surface area contributed by atoms with E-state index in [1.807, 2.05) is 6.92 Å². The molecule has 1 aromatic rings. The highest BCUT2D eigenvalue weighted by molar-refractivity contribution is 5.22. The fourth-order valence-electron chi connectivity index (χ4n) is 2.92. The molecule has 132 valence electrons. The third kappa shape index (κ3) is 9.78. The van der Waals surface area contributed by atoms with Gasteiger partial charge in [-0.3, -0.25) is 0 Å². The van der Waals surface area contributed by atoms with Crippen LogP contribution in [0.2, 0.25) is 0 Å². The Labute approximate surface area is 143 Å². The molecule has 0 spiro atoms. The number of aliphatic hydroxyl groups excluding tert-OH is 1. The molecule has 1 aromatic carbocycles. The lowest BCUT2D eigenvalue weighted by molar-refractivity contribution is 0.197. The molecule has 0 amide bonds. The quantitative estimate of drug-likeness (QED) is 0.502. The van der Waals surface area contributed by atoms with Crippen molar-refractivity contribution in [3.8, 4) is 0 Å². The zero-order chi connectivity index (χ0) is 17.0. The van der Waals surface area contributed by atoms with Gasteiger partial charge in [-0.2, -0.15) is 0 Å². The zero-order valence-electron chi connectivity index (χ0n) is 15.3. The van der Waals surface area contributed by atoms with Crippen molar-refractivity contribution in [2.75, 3.05) is 6.61 Å². The largest absolute Gasteiger partial charge is 0.394 e. The summed E-state index contributed by atoms with van der Waals surface area (Å²) in [6, 6.07) is 9.14. The summed E-state index contributed by atoms with van der Waals surface area (Å²) < 4.78 is 0. The molecule has 0 aliphatic rings. The van der Waals surface area contributed by atoms with Crippen LogP contribution < -0.4 is 5.73 Å². The fraction of sp³-hybridized carbons (Fsp3) is 0.714. The third-order valence-corrected chi connectivity index (χ3v) is 4.67. The molecule has 0 aliphatic heterocycles. The van der Waals surface area contributed by atoms with Crippen molar-refractivity contribution >= 4 is 0 Å². The second-order valence-electron chi connectivity index (χ2n) is 7.35. The summed E-state index contributed by atoms with van der Waals surface area (Å²) in [6.45, 7) is 4.26. The van der Waals surface area contributed by atoms with E-state index in [0.29, 0.717) is 0 Å². The Morgan fingerprint density at radius 1 is 0.826 bits per heavy atom. The Morgan fingerprint density at radius 2 is 1.30 bits per heavy atom. The van der Waals surface area contributed by atoms with Gasteiger partial charge in [-0.1, -0.05) is 69.7 Å². The highest BCUT2D eigenvalue weighted by Gasteiger charge is 2.15. The number of rotatable bonds is 13. The third-order valence-electron chi connectivity index (χ3n) is 4.67. The standard InChI is InChI=1S/C21H37NO/c1-3-4-5-6-7-8-11-19-13-15-20(16-14-19)12-9-10-17-21(2,22)18-23/h13-16,23H,3-12,17-18,22H2,1-2H3. The minimum atomic E-state index is -0.416. The molecule has 0 aromatic heterocycles. The van der Waals surface area contributed by atoms with Gasteiger partial charge in [0.15, 0.2) is 0 Å². The van der Waals surface area contributed by atoms with Gasteiger partial charge in [-0.15, -0.1) is 0 Å². The van der Waals surface area contributed by atoms with E-state index < -0.39 is 5.54 Å². The van der Waals surface area contributed by atoms with Crippen molar-refractivity contribution in [2.45, 2.75) is 90.0 Å². The van der Waals surface area contributed by atoms with E-state index in [2.05, 4.69) is 31.2 Å². The molecule has 0 bridgehead atoms. The highest BCUT2D eigenvalue weighted by Crippen LogP contribution is 2.15. The first-order valence-corrected chi connectivity index (χ1v) is 9.55. The maximum absolute atomic E-state index is 9.15. The van der Waals surface area contributed by atoms with Crippen molar-refractivity contribution in [3.63, 3.8) is 0 Å². The molecule has 0 aliphatic carbocycles. The van der Waals surface area contributed by atoms with Crippen LogP contribution in [0.5, 0.6) is 0 Å². The minimum absolute atomic E-state index is 0.0696. The Kier molecular flexibility index (Phi) is 10.2. The summed E-state index contributed by atoms with van der Waals surface area (Å²) in [5.74, 6) is 0. The van der Waals surface area contributed by atoms with Gasteiger partial charge >= 0.3 is 0 Å². The molecular formula is C21H37NO. The second kappa shape index (κ2) is 11.6. The number of benzene rings is 1. The lowest BCUT2D eigenvalue weighted by Gasteiger charge is -2.21. The van der Waals surface area contributed by atoms with E-state index in [1.165, 1.54) is 56.1 Å². The van der Waals surface area contributed by atoms with Crippen LogP contribution in [0.15, 0.2) is 24.3 Å². The lowest BCUT2D eigenvalue weighted by Crippen LogP contribution is -2.39. The summed E-state index contributed by atoms with van der Waals surface area (Å²) in [4.78, 5) is 0. The SMILES string of the molecule is CCCCCCCCc1ccc(CCCCC(C)(N)CO)cc1. The van der Waals surface area contributed by atoms with Gasteiger partial charge < -0.3 is 10.8 Å². The van der Waals surface area contributed by atoms with Crippen LogP contribution in [0, 0.1) is 0 Å². The number of aliphatic hydroxyl groups is 1. The summed E-state index contributed by atoms with van der Waals surface area (Å²) in [5, 5.41) is 9.15. The monoisotopic (exact) mass is 319 g/mol. The van der Waals surface area contributed by atoms with Crippen LogP contribution in [0.1, 0.15) is 82.8 Å². The van der Waals surface area contributed by atoms with Crippen LogP contribution in [0.3, 0.4) is 0 Å². The molecule has 1 atom stereocenters. The topological polar surface area (TPSA) is 46.2 Å². The molecule has 1 unspecified atom stereocenters. The number of hydrogen-bond acceptors (Lipinski definition) is 2. The van der Waals surface area contributed by atoms with Gasteiger partial charge in [0.25, 0.3) is 0 Å². The molecular weight excluding hydrogens is 282 g/mol. The van der Waals surface area contributed by atoms with Crippen LogP contribution in [0.25, 0.3) is 0 Å². The molecule has 0 fully saturated rings. The molecule has 2 heteroatoms. The van der Waals surface area contributed by atoms with Gasteiger partial charge in [0.2, 0.25) is 0 Å². The van der Waals surface area contributed by atoms with Crippen LogP contribution in [-0.2, 0) is 12.8 Å². The number of hydrogen-bond donors (Lipinski definition) is 2. The van der Waals surface area contributed by atoms with Gasteiger partial charge in [-0.25, -0.2) is 0 Å². The number of aryl methyl sites for hydroxylation is 2. The average Bonchev–Trinajstić information content (AvgIpc) is 2.56. The zero-order valence-corrected chi connectivity index (χ0v) is 15.3. The molecule has 0 heterocycles. The Balaban J connectivity index is 2.15. The molecule has 23 heavy (non-hydrogen) atoms. The Hall–Kier alpha value is -0.860. The first kappa shape index (κ1) is 20.2. The van der Waals surface area contributed by atoms with Crippen LogP contribution in [0.4, 0.5) is 0 Å². The highest BCUT2D eigenvalue weighted by atomic mass is 16.3. The smallest absolute Gasteiger partial charge is 0.0608 e. The fourth-order valence-corrected chi connectivity index (χ4v) is 2.92. The van der Waals surface area contributed by atoms with E-state index in [9.17, 15) is 0 Å². The Bertz CT molecular complexity index is 397. The predicted octanol–water partition coefficient (Wildman–Crippen LogP) is 5.01. The number of unbranched alkanes of at least 4 members (excludes halogenated alkanes) is 6. The summed E-state index contributed by atoms with van der Waals surface area (Å²) in [7, 11) is 0. The van der Waals surface area contributed by atoms with E-state index in [1.54, 1.807) is 0 Å². The van der Waals surface area contributed by atoms with E-state index in [0.717, 1.165) is 25.7 Å². The lowest BCUT2D eigenvalue weighted by atomic mass is 9.95. The predicted molar refractivity (Wildman–Crippen MR) is 101 cm³/mol. The van der Waals surface area contributed by atoms with Gasteiger partial charge in [-0.05, 0) is 50.2 Å². The molecule has 1 rings (SSSR count). The molecule has 0 saturated heterocycles. The van der Waals surface area contributed by atoms with Crippen LogP contribution in [-0.4, -0.2) is 17.3 Å². The molecule has 2 nitrogen and oxygen atoms in total. The average molecular weight is 320 g/mol. The van der Waals surface area contributed by atoms with E-state index in [-0.39, 0.29) is 6.61 Å². The Morgan fingerprint density at radius 3 is 1.83 bits per heavy atom. The normalized spacial score (nSPS) is 13.9. The second-order valence-corrected chi connectivity index (χ2v) is 7.35. The summed E-state index contributed by atoms with van der Waals surface area (Å²) >= 11 is 0. The van der Waals surface area contributed by atoms with Crippen molar-refractivity contribution in [2.24, 2.45) is 5.73 Å². The molecule has 3 N–H and O–H groups in total. The first-order valence-electron chi connectivity index (χ1n) is 9.55. The first-order chi connectivity index (χ1) is 11.1.